The number of halogens is 1. The molecule has 1 saturated heterocycles. The van der Waals surface area contributed by atoms with Crippen LogP contribution in [0.5, 0.6) is 0 Å². The largest absolute Gasteiger partial charge is 0.393 e. The molecule has 1 N–H and O–H groups in total. The molecule has 0 spiro atoms. The third kappa shape index (κ3) is 2.40. The molecule has 0 saturated carbocycles. The number of nitrogens with zero attached hydrogens (tertiary/aromatic N) is 2. The van der Waals surface area contributed by atoms with Crippen molar-refractivity contribution in [1.29, 1.82) is 5.26 Å². The Kier molecular flexibility index (Phi) is 3.30. The Labute approximate surface area is 100 Å². The van der Waals surface area contributed by atoms with Crippen molar-refractivity contribution < 1.29 is 9.50 Å². The third-order valence-electron chi connectivity index (χ3n) is 3.35. The van der Waals surface area contributed by atoms with Crippen molar-refractivity contribution in [3.63, 3.8) is 0 Å². The lowest BCUT2D eigenvalue weighted by molar-refractivity contribution is 0.136. The van der Waals surface area contributed by atoms with Crippen LogP contribution in [-0.4, -0.2) is 24.3 Å². The normalized spacial score (nSPS) is 21.3. The number of hydrogen-bond acceptors (Lipinski definition) is 3. The zero-order valence-corrected chi connectivity index (χ0v) is 9.73. The number of nitriles is 1. The van der Waals surface area contributed by atoms with E-state index in [1.54, 1.807) is 19.1 Å². The van der Waals surface area contributed by atoms with Gasteiger partial charge in [0.25, 0.3) is 0 Å². The van der Waals surface area contributed by atoms with Gasteiger partial charge in [-0.05, 0) is 31.5 Å². The molecule has 0 bridgehead atoms. The molecule has 1 aliphatic heterocycles. The third-order valence-corrected chi connectivity index (χ3v) is 3.35. The van der Waals surface area contributed by atoms with Crippen molar-refractivity contribution in [2.45, 2.75) is 19.4 Å². The minimum Gasteiger partial charge on any atom is -0.393 e. The lowest BCUT2D eigenvalue weighted by Gasteiger charge is -2.19. The quantitative estimate of drug-likeness (QED) is 0.850. The van der Waals surface area contributed by atoms with Gasteiger partial charge in [-0.25, -0.2) is 4.39 Å². The molecule has 2 unspecified atom stereocenters. The van der Waals surface area contributed by atoms with Crippen molar-refractivity contribution in [3.05, 3.63) is 29.6 Å². The average Bonchev–Trinajstić information content (AvgIpc) is 2.78. The van der Waals surface area contributed by atoms with Gasteiger partial charge in [-0.15, -0.1) is 0 Å². The molecule has 90 valence electrons. The van der Waals surface area contributed by atoms with Crippen molar-refractivity contribution in [1.82, 2.24) is 0 Å². The molecule has 1 aromatic carbocycles. The molecule has 4 heteroatoms. The van der Waals surface area contributed by atoms with Gasteiger partial charge in [0, 0.05) is 24.7 Å². The highest BCUT2D eigenvalue weighted by molar-refractivity contribution is 5.51. The zero-order chi connectivity index (χ0) is 12.4. The first-order valence-corrected chi connectivity index (χ1v) is 5.74. The molecule has 0 amide bonds. The first kappa shape index (κ1) is 11.9. The van der Waals surface area contributed by atoms with Crippen LogP contribution in [0.25, 0.3) is 0 Å². The minimum atomic E-state index is -0.481. The van der Waals surface area contributed by atoms with Gasteiger partial charge >= 0.3 is 0 Å². The average molecular weight is 234 g/mol. The molecular formula is C13H15FN2O. The van der Waals surface area contributed by atoms with E-state index in [1.165, 1.54) is 12.1 Å². The summed E-state index contributed by atoms with van der Waals surface area (Å²) in [5.74, 6) is -0.237. The molecule has 0 aliphatic carbocycles. The molecule has 3 nitrogen and oxygen atoms in total. The fraction of sp³-hybridized carbons (Fsp3) is 0.462. The summed E-state index contributed by atoms with van der Waals surface area (Å²) >= 11 is 0. The maximum absolute atomic E-state index is 13.5. The number of aliphatic hydroxyl groups excluding tert-OH is 1. The molecule has 0 aromatic heterocycles. The Hall–Kier alpha value is -1.60. The fourth-order valence-corrected chi connectivity index (χ4v) is 2.21. The molecule has 1 aromatic rings. The van der Waals surface area contributed by atoms with E-state index < -0.39 is 5.82 Å². The fourth-order valence-electron chi connectivity index (χ4n) is 2.21. The van der Waals surface area contributed by atoms with E-state index in [-0.39, 0.29) is 17.6 Å². The number of rotatable bonds is 2. The van der Waals surface area contributed by atoms with E-state index in [2.05, 4.69) is 0 Å². The lowest BCUT2D eigenvalue weighted by atomic mass is 10.0. The van der Waals surface area contributed by atoms with Crippen LogP contribution in [0.4, 0.5) is 10.1 Å². The van der Waals surface area contributed by atoms with Crippen LogP contribution in [0, 0.1) is 23.1 Å². The summed E-state index contributed by atoms with van der Waals surface area (Å²) in [4.78, 5) is 2.04. The second-order valence-electron chi connectivity index (χ2n) is 4.51. The summed E-state index contributed by atoms with van der Waals surface area (Å²) in [6.07, 6.45) is 0.586. The summed E-state index contributed by atoms with van der Waals surface area (Å²) in [5.41, 5.74) is 0.852. The first-order chi connectivity index (χ1) is 8.11. The van der Waals surface area contributed by atoms with Crippen molar-refractivity contribution in [2.75, 3.05) is 18.0 Å². The summed E-state index contributed by atoms with van der Waals surface area (Å²) in [7, 11) is 0. The van der Waals surface area contributed by atoms with Crippen LogP contribution in [0.1, 0.15) is 18.9 Å². The topological polar surface area (TPSA) is 47.3 Å². The Morgan fingerprint density at radius 1 is 1.59 bits per heavy atom. The molecule has 1 heterocycles. The Bertz CT molecular complexity index is 453. The molecule has 1 fully saturated rings. The van der Waals surface area contributed by atoms with Gasteiger partial charge in [0.2, 0.25) is 0 Å². The molecule has 2 rings (SSSR count). The van der Waals surface area contributed by atoms with Crippen molar-refractivity contribution in [2.24, 2.45) is 5.92 Å². The zero-order valence-electron chi connectivity index (χ0n) is 9.73. The Morgan fingerprint density at radius 2 is 2.35 bits per heavy atom. The summed E-state index contributed by atoms with van der Waals surface area (Å²) in [6.45, 7) is 3.34. The van der Waals surface area contributed by atoms with E-state index in [0.717, 1.165) is 25.2 Å². The highest BCUT2D eigenvalue weighted by atomic mass is 19.1. The van der Waals surface area contributed by atoms with Gasteiger partial charge in [-0.3, -0.25) is 0 Å². The van der Waals surface area contributed by atoms with Crippen LogP contribution in [0.15, 0.2) is 18.2 Å². The molecule has 1 aliphatic rings. The second kappa shape index (κ2) is 4.72. The number of aliphatic hydroxyl groups is 1. The van der Waals surface area contributed by atoms with Crippen LogP contribution in [0.2, 0.25) is 0 Å². The molecular weight excluding hydrogens is 219 g/mol. The van der Waals surface area contributed by atoms with E-state index >= 15 is 0 Å². The molecule has 0 radical (unpaired) electrons. The Balaban J connectivity index is 2.15. The predicted molar refractivity (Wildman–Crippen MR) is 63.1 cm³/mol. The standard InChI is InChI=1S/C13H15FN2O/c1-9(17)11-4-5-16(8-11)12-3-2-10(7-15)13(14)6-12/h2-3,6,9,11,17H,4-5,8H2,1H3. The smallest absolute Gasteiger partial charge is 0.143 e. The number of hydrogen-bond donors (Lipinski definition) is 1. The van der Waals surface area contributed by atoms with E-state index in [0.29, 0.717) is 0 Å². The van der Waals surface area contributed by atoms with Gasteiger partial charge in [0.05, 0.1) is 11.7 Å². The molecule has 17 heavy (non-hydrogen) atoms. The van der Waals surface area contributed by atoms with Crippen molar-refractivity contribution >= 4 is 5.69 Å². The lowest BCUT2D eigenvalue weighted by Crippen LogP contribution is -2.23. The Morgan fingerprint density at radius 3 is 2.88 bits per heavy atom. The first-order valence-electron chi connectivity index (χ1n) is 5.74. The van der Waals surface area contributed by atoms with Gasteiger partial charge in [0.1, 0.15) is 11.9 Å². The summed E-state index contributed by atoms with van der Waals surface area (Å²) < 4.78 is 13.5. The highest BCUT2D eigenvalue weighted by Crippen LogP contribution is 2.26. The van der Waals surface area contributed by atoms with Gasteiger partial charge in [0.15, 0.2) is 0 Å². The second-order valence-corrected chi connectivity index (χ2v) is 4.51. The molecule has 2 atom stereocenters. The van der Waals surface area contributed by atoms with Gasteiger partial charge in [-0.2, -0.15) is 5.26 Å². The number of anilines is 1. The van der Waals surface area contributed by atoms with Crippen LogP contribution < -0.4 is 4.90 Å². The van der Waals surface area contributed by atoms with E-state index in [9.17, 15) is 9.50 Å². The van der Waals surface area contributed by atoms with E-state index in [4.69, 9.17) is 5.26 Å². The monoisotopic (exact) mass is 234 g/mol. The minimum absolute atomic E-state index is 0.0695. The SMILES string of the molecule is CC(O)C1CCN(c2ccc(C#N)c(F)c2)C1. The van der Waals surface area contributed by atoms with Crippen molar-refractivity contribution in [3.8, 4) is 6.07 Å². The number of benzene rings is 1. The maximum atomic E-state index is 13.5. The maximum Gasteiger partial charge on any atom is 0.143 e. The van der Waals surface area contributed by atoms with Gasteiger partial charge in [-0.1, -0.05) is 0 Å². The van der Waals surface area contributed by atoms with Crippen LogP contribution in [0.3, 0.4) is 0 Å². The van der Waals surface area contributed by atoms with Gasteiger partial charge < -0.3 is 10.0 Å². The summed E-state index contributed by atoms with van der Waals surface area (Å²) in [5, 5.41) is 18.2. The van der Waals surface area contributed by atoms with Crippen LogP contribution in [-0.2, 0) is 0 Å². The summed E-state index contributed by atoms with van der Waals surface area (Å²) in [6, 6.07) is 6.45. The predicted octanol–water partition coefficient (Wildman–Crippen LogP) is 1.90. The van der Waals surface area contributed by atoms with E-state index in [1.807, 2.05) is 4.90 Å². The highest BCUT2D eigenvalue weighted by Gasteiger charge is 2.26. The van der Waals surface area contributed by atoms with Crippen LogP contribution >= 0.6 is 0 Å².